The van der Waals surface area contributed by atoms with E-state index < -0.39 is 71.7 Å². The van der Waals surface area contributed by atoms with E-state index in [0.717, 1.165) is 0 Å². The lowest BCUT2D eigenvalue weighted by Crippen LogP contribution is -2.59. The SMILES string of the molecule is C[C@H](c1ccccc1)[C@H]1OC(=O)[C@H](C)[C@H](O)[C@H](Cc2cccnc2)NC(=O)[C@@H](NC(=O)c2ncccc2O)[C@@H](C)OC1=O. The number of aliphatic hydroxyl groups excluding tert-OH is 1. The van der Waals surface area contributed by atoms with Gasteiger partial charge in [-0.15, -0.1) is 0 Å². The highest BCUT2D eigenvalue weighted by Gasteiger charge is 2.41. The van der Waals surface area contributed by atoms with Gasteiger partial charge in [-0.1, -0.05) is 43.3 Å². The molecule has 0 radical (unpaired) electrons. The number of rotatable bonds is 6. The van der Waals surface area contributed by atoms with Gasteiger partial charge in [0.25, 0.3) is 5.91 Å². The predicted molar refractivity (Wildman–Crippen MR) is 152 cm³/mol. The first-order valence-electron chi connectivity index (χ1n) is 13.8. The van der Waals surface area contributed by atoms with Crippen LogP contribution in [-0.2, 0) is 30.3 Å². The van der Waals surface area contributed by atoms with E-state index in [1.807, 2.05) is 0 Å². The Morgan fingerprint density at radius 1 is 1.00 bits per heavy atom. The van der Waals surface area contributed by atoms with E-state index >= 15 is 0 Å². The Balaban J connectivity index is 1.72. The first kappa shape index (κ1) is 31.1. The maximum Gasteiger partial charge on any atom is 0.348 e. The largest absolute Gasteiger partial charge is 0.505 e. The molecule has 1 aliphatic heterocycles. The van der Waals surface area contributed by atoms with Crippen molar-refractivity contribution in [3.05, 3.63) is 90.0 Å². The molecule has 3 heterocycles. The molecule has 1 aliphatic rings. The van der Waals surface area contributed by atoms with E-state index in [1.54, 1.807) is 61.8 Å². The quantitative estimate of drug-likeness (QED) is 0.309. The third-order valence-corrected chi connectivity index (χ3v) is 7.40. The molecule has 0 saturated carbocycles. The van der Waals surface area contributed by atoms with Gasteiger partial charge in [0, 0.05) is 24.5 Å². The minimum atomic E-state index is -1.49. The number of carbonyl (C=O) groups excluding carboxylic acids is 4. The van der Waals surface area contributed by atoms with Gasteiger partial charge in [0.05, 0.1) is 18.1 Å². The molecule has 4 N–H and O–H groups in total. The van der Waals surface area contributed by atoms with Gasteiger partial charge in [-0.2, -0.15) is 0 Å². The predicted octanol–water partition coefficient (Wildman–Crippen LogP) is 1.67. The number of cyclic esters (lactones) is 2. The molecule has 3 aromatic rings. The summed E-state index contributed by atoms with van der Waals surface area (Å²) in [5.74, 6) is -5.74. The number of benzene rings is 1. The number of nitrogens with zero attached hydrogens (tertiary/aromatic N) is 2. The maximum atomic E-state index is 13.7. The molecule has 1 aromatic carbocycles. The molecule has 43 heavy (non-hydrogen) atoms. The molecule has 2 aromatic heterocycles. The normalized spacial score (nSPS) is 25.6. The second kappa shape index (κ2) is 13.9. The van der Waals surface area contributed by atoms with Crippen LogP contribution in [0.1, 0.15) is 48.3 Å². The standard InChI is InChI=1S/C31H34N4O8/c1-17(21-10-5-4-6-11-21)27-31(41)42-19(3)24(35-29(39)25-23(36)12-8-14-33-25)28(38)34-22(15-20-9-7-13-32-16-20)26(37)18(2)30(40)43-27/h4-14,16-19,22,24,26-27,36-37H,15H2,1-3H3,(H,34,38)(H,35,39)/t17-,18-,19-,22+,24+,26+,27-/m1/s1. The van der Waals surface area contributed by atoms with E-state index in [1.165, 1.54) is 32.2 Å². The van der Waals surface area contributed by atoms with Gasteiger partial charge in [0.2, 0.25) is 12.0 Å². The summed E-state index contributed by atoms with van der Waals surface area (Å²) in [5, 5.41) is 26.7. The fourth-order valence-corrected chi connectivity index (χ4v) is 4.80. The number of pyridine rings is 2. The maximum absolute atomic E-state index is 13.7. The molecular weight excluding hydrogens is 556 g/mol. The molecule has 226 valence electrons. The Kier molecular flexibility index (Phi) is 10.0. The number of aromatic nitrogens is 2. The van der Waals surface area contributed by atoms with Gasteiger partial charge in [-0.3, -0.25) is 19.4 Å². The third kappa shape index (κ3) is 7.52. The minimum absolute atomic E-state index is 0.0814. The summed E-state index contributed by atoms with van der Waals surface area (Å²) in [4.78, 5) is 61.5. The molecule has 0 aliphatic carbocycles. The fourth-order valence-electron chi connectivity index (χ4n) is 4.80. The number of aromatic hydroxyl groups is 1. The Morgan fingerprint density at radius 3 is 2.40 bits per heavy atom. The Morgan fingerprint density at radius 2 is 1.72 bits per heavy atom. The lowest BCUT2D eigenvalue weighted by molar-refractivity contribution is -0.178. The zero-order chi connectivity index (χ0) is 31.1. The molecule has 7 atom stereocenters. The number of hydrogen-bond acceptors (Lipinski definition) is 10. The number of ether oxygens (including phenoxy) is 2. The number of amides is 2. The van der Waals surface area contributed by atoms with Gasteiger partial charge >= 0.3 is 11.9 Å². The van der Waals surface area contributed by atoms with Crippen LogP contribution in [0.2, 0.25) is 0 Å². The Labute approximate surface area is 248 Å². The van der Waals surface area contributed by atoms with E-state index in [9.17, 15) is 29.4 Å². The van der Waals surface area contributed by atoms with E-state index in [-0.39, 0.29) is 12.1 Å². The summed E-state index contributed by atoms with van der Waals surface area (Å²) in [7, 11) is 0. The zero-order valence-corrected chi connectivity index (χ0v) is 23.9. The lowest BCUT2D eigenvalue weighted by atomic mass is 9.91. The van der Waals surface area contributed by atoms with Crippen molar-refractivity contribution in [2.24, 2.45) is 5.92 Å². The zero-order valence-electron chi connectivity index (χ0n) is 23.9. The molecule has 1 fully saturated rings. The fraction of sp³-hybridized carbons (Fsp3) is 0.355. The van der Waals surface area contributed by atoms with Crippen LogP contribution in [0.3, 0.4) is 0 Å². The minimum Gasteiger partial charge on any atom is -0.505 e. The van der Waals surface area contributed by atoms with Crippen LogP contribution in [0.4, 0.5) is 0 Å². The van der Waals surface area contributed by atoms with Crippen molar-refractivity contribution in [3.8, 4) is 5.75 Å². The summed E-state index contributed by atoms with van der Waals surface area (Å²) in [6.07, 6.45) is 0.349. The van der Waals surface area contributed by atoms with E-state index in [2.05, 4.69) is 20.6 Å². The monoisotopic (exact) mass is 590 g/mol. The van der Waals surface area contributed by atoms with Crippen molar-refractivity contribution in [2.75, 3.05) is 0 Å². The molecule has 1 saturated heterocycles. The van der Waals surface area contributed by atoms with Crippen LogP contribution in [0.15, 0.2) is 73.2 Å². The van der Waals surface area contributed by atoms with Crippen LogP contribution in [0, 0.1) is 5.92 Å². The van der Waals surface area contributed by atoms with Crippen LogP contribution in [-0.4, -0.2) is 74.3 Å². The molecule has 12 heteroatoms. The summed E-state index contributed by atoms with van der Waals surface area (Å²) >= 11 is 0. The topological polar surface area (TPSA) is 177 Å². The summed E-state index contributed by atoms with van der Waals surface area (Å²) in [5.41, 5.74) is 1.01. The van der Waals surface area contributed by atoms with E-state index in [4.69, 9.17) is 9.47 Å². The highest BCUT2D eigenvalue weighted by molar-refractivity contribution is 5.98. The lowest BCUT2D eigenvalue weighted by Gasteiger charge is -2.34. The van der Waals surface area contributed by atoms with Crippen molar-refractivity contribution < 1.29 is 38.9 Å². The average molecular weight is 591 g/mol. The van der Waals surface area contributed by atoms with Gasteiger partial charge in [-0.25, -0.2) is 9.78 Å². The molecule has 0 unspecified atom stereocenters. The average Bonchev–Trinajstić information content (AvgIpc) is 3.01. The molecule has 4 rings (SSSR count). The van der Waals surface area contributed by atoms with Crippen molar-refractivity contribution in [2.45, 2.75) is 63.5 Å². The Hall–Kier alpha value is -4.84. The number of esters is 2. The summed E-state index contributed by atoms with van der Waals surface area (Å²) in [6.45, 7) is 4.52. The van der Waals surface area contributed by atoms with Gasteiger partial charge in [0.15, 0.2) is 5.69 Å². The molecule has 0 bridgehead atoms. The molecule has 2 amide bonds. The highest BCUT2D eigenvalue weighted by Crippen LogP contribution is 2.26. The first-order valence-corrected chi connectivity index (χ1v) is 13.8. The number of aliphatic hydroxyl groups is 1. The van der Waals surface area contributed by atoms with Crippen molar-refractivity contribution in [1.82, 2.24) is 20.6 Å². The van der Waals surface area contributed by atoms with Crippen molar-refractivity contribution >= 4 is 23.8 Å². The van der Waals surface area contributed by atoms with Gasteiger partial charge < -0.3 is 30.3 Å². The van der Waals surface area contributed by atoms with Crippen LogP contribution in [0.5, 0.6) is 5.75 Å². The number of nitrogens with one attached hydrogen (secondary N) is 2. The Bertz CT molecular complexity index is 1440. The first-order chi connectivity index (χ1) is 20.6. The van der Waals surface area contributed by atoms with Gasteiger partial charge in [-0.05, 0) is 49.6 Å². The summed E-state index contributed by atoms with van der Waals surface area (Å²) in [6, 6.07) is 12.5. The molecule has 12 nitrogen and oxygen atoms in total. The van der Waals surface area contributed by atoms with Crippen LogP contribution >= 0.6 is 0 Å². The van der Waals surface area contributed by atoms with Crippen molar-refractivity contribution in [3.63, 3.8) is 0 Å². The van der Waals surface area contributed by atoms with E-state index in [0.29, 0.717) is 11.1 Å². The molecular formula is C31H34N4O8. The highest BCUT2D eigenvalue weighted by atomic mass is 16.6. The number of hydrogen-bond donors (Lipinski definition) is 4. The van der Waals surface area contributed by atoms with Crippen molar-refractivity contribution in [1.29, 1.82) is 0 Å². The second-order valence-corrected chi connectivity index (χ2v) is 10.5. The van der Waals surface area contributed by atoms with Crippen LogP contribution in [0.25, 0.3) is 0 Å². The smallest absolute Gasteiger partial charge is 0.348 e. The third-order valence-electron chi connectivity index (χ3n) is 7.40. The summed E-state index contributed by atoms with van der Waals surface area (Å²) < 4.78 is 11.3. The van der Waals surface area contributed by atoms with Crippen LogP contribution < -0.4 is 10.6 Å². The van der Waals surface area contributed by atoms with Gasteiger partial charge in [0.1, 0.15) is 17.9 Å². The second-order valence-electron chi connectivity index (χ2n) is 10.5. The number of carbonyl (C=O) groups is 4. The molecule has 0 spiro atoms.